The minimum Gasteiger partial charge on any atom is -0.477 e. The van der Waals surface area contributed by atoms with E-state index in [0.717, 1.165) is 16.7 Å². The lowest BCUT2D eigenvalue weighted by Crippen LogP contribution is -2.14. The van der Waals surface area contributed by atoms with Crippen molar-refractivity contribution in [2.75, 3.05) is 0 Å². The van der Waals surface area contributed by atoms with Crippen LogP contribution >= 0.6 is 0 Å². The molecule has 1 heterocycles. The van der Waals surface area contributed by atoms with Crippen LogP contribution in [0.3, 0.4) is 0 Å². The van der Waals surface area contributed by atoms with Crippen molar-refractivity contribution in [3.63, 3.8) is 0 Å². The van der Waals surface area contributed by atoms with Crippen molar-refractivity contribution >= 4 is 18.0 Å². The molecule has 2 aromatic carbocycles. The molecule has 4 N–H and O–H groups in total. The number of carboxylic acid groups (broad SMARTS) is 1. The van der Waals surface area contributed by atoms with Crippen molar-refractivity contribution in [3.8, 4) is 11.3 Å². The van der Waals surface area contributed by atoms with Gasteiger partial charge in [-0.3, -0.25) is 10.0 Å². The number of aromatic amines is 1. The maximum Gasteiger partial charge on any atom is 0.354 e. The number of nitrogens with one attached hydrogen (secondary N) is 2. The summed E-state index contributed by atoms with van der Waals surface area (Å²) in [6.45, 7) is 0. The third kappa shape index (κ3) is 4.47. The van der Waals surface area contributed by atoms with Gasteiger partial charge in [-0.05, 0) is 17.2 Å². The van der Waals surface area contributed by atoms with E-state index < -0.39 is 11.9 Å². The van der Waals surface area contributed by atoms with Gasteiger partial charge in [0.15, 0.2) is 5.69 Å². The first-order chi connectivity index (χ1) is 13.1. The highest BCUT2D eigenvalue weighted by atomic mass is 16.5. The predicted octanol–water partition coefficient (Wildman–Crippen LogP) is 2.88. The molecule has 1 aromatic heterocycles. The molecule has 0 fully saturated rings. The number of aromatic nitrogens is 2. The molecule has 0 bridgehead atoms. The van der Waals surface area contributed by atoms with Gasteiger partial charge < -0.3 is 10.1 Å². The van der Waals surface area contributed by atoms with Crippen molar-refractivity contribution in [2.24, 2.45) is 0 Å². The van der Waals surface area contributed by atoms with E-state index in [1.54, 1.807) is 6.08 Å². The number of H-pyrrole nitrogens is 1. The van der Waals surface area contributed by atoms with E-state index in [1.165, 1.54) is 11.6 Å². The number of carbonyl (C=O) groups excluding carboxylic acids is 1. The van der Waals surface area contributed by atoms with E-state index in [2.05, 4.69) is 9.97 Å². The van der Waals surface area contributed by atoms with E-state index in [9.17, 15) is 14.7 Å². The van der Waals surface area contributed by atoms with Gasteiger partial charge in [0.05, 0.1) is 0 Å². The van der Waals surface area contributed by atoms with Crippen molar-refractivity contribution in [3.05, 3.63) is 83.3 Å². The van der Waals surface area contributed by atoms with Gasteiger partial charge in [-0.1, -0.05) is 54.6 Å². The Hall–Kier alpha value is -3.71. The summed E-state index contributed by atoms with van der Waals surface area (Å²) in [5, 5.41) is 17.9. The van der Waals surface area contributed by atoms with E-state index in [1.807, 2.05) is 54.6 Å². The lowest BCUT2D eigenvalue weighted by molar-refractivity contribution is -0.124. The van der Waals surface area contributed by atoms with Gasteiger partial charge in [-0.25, -0.2) is 15.3 Å². The molecule has 3 rings (SSSR count). The minimum atomic E-state index is -1.06. The number of rotatable bonds is 6. The van der Waals surface area contributed by atoms with Crippen LogP contribution in [0.1, 0.15) is 27.4 Å². The molecular weight excluding hydrogens is 346 g/mol. The monoisotopic (exact) mass is 363 g/mol. The van der Waals surface area contributed by atoms with Crippen molar-refractivity contribution in [2.45, 2.75) is 6.42 Å². The molecule has 7 nitrogen and oxygen atoms in total. The average Bonchev–Trinajstić information content (AvgIpc) is 3.12. The molecule has 7 heteroatoms. The Bertz CT molecular complexity index is 976. The number of nitrogens with zero attached hydrogens (tertiary/aromatic N) is 1. The zero-order valence-electron chi connectivity index (χ0n) is 14.2. The molecule has 0 unspecified atom stereocenters. The largest absolute Gasteiger partial charge is 0.477 e. The fraction of sp³-hybridized carbons (Fsp3) is 0.0500. The van der Waals surface area contributed by atoms with Crippen LogP contribution in [0.5, 0.6) is 0 Å². The zero-order valence-corrected chi connectivity index (χ0v) is 14.2. The molecule has 0 spiro atoms. The number of carboxylic acids is 1. The number of imidazole rings is 1. The molecule has 0 saturated heterocycles. The average molecular weight is 363 g/mol. The highest BCUT2D eigenvalue weighted by Gasteiger charge is 2.17. The second kappa shape index (κ2) is 8.11. The second-order valence-electron chi connectivity index (χ2n) is 5.81. The van der Waals surface area contributed by atoms with E-state index >= 15 is 0 Å². The molecule has 27 heavy (non-hydrogen) atoms. The van der Waals surface area contributed by atoms with Crippen LogP contribution in [0.25, 0.3) is 17.3 Å². The number of aromatic carboxylic acids is 1. The molecule has 0 aliphatic rings. The van der Waals surface area contributed by atoms with Crippen molar-refractivity contribution < 1.29 is 19.9 Å². The van der Waals surface area contributed by atoms with E-state index in [4.69, 9.17) is 5.21 Å². The van der Waals surface area contributed by atoms with Crippen LogP contribution in [-0.2, 0) is 11.2 Å². The molecule has 0 atom stereocenters. The number of hydrogen-bond donors (Lipinski definition) is 4. The summed E-state index contributed by atoms with van der Waals surface area (Å²) in [5.41, 5.74) is 4.45. The molecule has 0 saturated carbocycles. The predicted molar refractivity (Wildman–Crippen MR) is 99.2 cm³/mol. The van der Waals surface area contributed by atoms with Crippen molar-refractivity contribution in [1.82, 2.24) is 15.4 Å². The van der Waals surface area contributed by atoms with E-state index in [0.29, 0.717) is 17.9 Å². The Morgan fingerprint density at radius 1 is 1.07 bits per heavy atom. The topological polar surface area (TPSA) is 115 Å². The standard InChI is InChI=1S/C20H17N3O4/c24-17(23-27)11-10-13-6-8-14(9-7-13)12-16-21-18(19(22-16)20(25)26)15-4-2-1-3-5-15/h1-11,27H,12H2,(H,21,22)(H,23,24)(H,25,26)/b11-10+. The highest BCUT2D eigenvalue weighted by molar-refractivity contribution is 5.93. The SMILES string of the molecule is O=C(/C=C/c1ccc(Cc2nc(-c3ccccc3)c(C(=O)O)[nH]2)cc1)NO. The first kappa shape index (κ1) is 18.1. The summed E-state index contributed by atoms with van der Waals surface area (Å²) in [6.07, 6.45) is 3.22. The van der Waals surface area contributed by atoms with Crippen LogP contribution in [0, 0.1) is 0 Å². The number of benzene rings is 2. The number of amides is 1. The molecule has 0 aliphatic heterocycles. The Morgan fingerprint density at radius 2 is 1.78 bits per heavy atom. The quantitative estimate of drug-likeness (QED) is 0.305. The zero-order chi connectivity index (χ0) is 19.2. The molecule has 3 aromatic rings. The maximum atomic E-state index is 11.5. The Morgan fingerprint density at radius 3 is 2.41 bits per heavy atom. The first-order valence-electron chi connectivity index (χ1n) is 8.15. The fourth-order valence-electron chi connectivity index (χ4n) is 2.61. The normalized spacial score (nSPS) is 10.9. The Labute approximate surface area is 155 Å². The van der Waals surface area contributed by atoms with Crippen LogP contribution in [0.2, 0.25) is 0 Å². The Kier molecular flexibility index (Phi) is 5.44. The highest BCUT2D eigenvalue weighted by Crippen LogP contribution is 2.22. The molecule has 0 radical (unpaired) electrons. The van der Waals surface area contributed by atoms with Gasteiger partial charge in [-0.15, -0.1) is 0 Å². The molecule has 1 amide bonds. The van der Waals surface area contributed by atoms with Crippen LogP contribution in [-0.4, -0.2) is 32.2 Å². The molecule has 0 aliphatic carbocycles. The van der Waals surface area contributed by atoms with Gasteiger partial charge in [0.2, 0.25) is 0 Å². The van der Waals surface area contributed by atoms with Gasteiger partial charge >= 0.3 is 5.97 Å². The summed E-state index contributed by atoms with van der Waals surface area (Å²) >= 11 is 0. The minimum absolute atomic E-state index is 0.0609. The Balaban J connectivity index is 1.81. The third-order valence-electron chi connectivity index (χ3n) is 3.90. The molecule has 136 valence electrons. The third-order valence-corrected chi connectivity index (χ3v) is 3.90. The van der Waals surface area contributed by atoms with Gasteiger partial charge in [-0.2, -0.15) is 0 Å². The molecular formula is C20H17N3O4. The summed E-state index contributed by atoms with van der Waals surface area (Å²) in [4.78, 5) is 29.9. The fourth-order valence-corrected chi connectivity index (χ4v) is 2.61. The van der Waals surface area contributed by atoms with Crippen LogP contribution in [0.15, 0.2) is 60.7 Å². The summed E-state index contributed by atoms with van der Waals surface area (Å²) < 4.78 is 0. The number of hydrogen-bond acceptors (Lipinski definition) is 4. The van der Waals surface area contributed by atoms with E-state index in [-0.39, 0.29) is 5.69 Å². The number of hydroxylamine groups is 1. The maximum absolute atomic E-state index is 11.5. The lowest BCUT2D eigenvalue weighted by Gasteiger charge is -2.00. The van der Waals surface area contributed by atoms with Crippen LogP contribution in [0.4, 0.5) is 0 Å². The van der Waals surface area contributed by atoms with Gasteiger partial charge in [0.1, 0.15) is 11.5 Å². The second-order valence-corrected chi connectivity index (χ2v) is 5.81. The summed E-state index contributed by atoms with van der Waals surface area (Å²) in [5.74, 6) is -1.12. The number of carbonyl (C=O) groups is 2. The summed E-state index contributed by atoms with van der Waals surface area (Å²) in [7, 11) is 0. The smallest absolute Gasteiger partial charge is 0.354 e. The first-order valence-corrected chi connectivity index (χ1v) is 8.15. The van der Waals surface area contributed by atoms with Crippen LogP contribution < -0.4 is 5.48 Å². The van der Waals surface area contributed by atoms with Crippen molar-refractivity contribution in [1.29, 1.82) is 0 Å². The van der Waals surface area contributed by atoms with Gasteiger partial charge in [0.25, 0.3) is 5.91 Å². The summed E-state index contributed by atoms with van der Waals surface area (Å²) in [6, 6.07) is 16.5. The van der Waals surface area contributed by atoms with Gasteiger partial charge in [0, 0.05) is 18.1 Å². The lowest BCUT2D eigenvalue weighted by atomic mass is 10.1.